The zero-order valence-electron chi connectivity index (χ0n) is 27.6. The Balaban J connectivity index is 1.26. The van der Waals surface area contributed by atoms with Gasteiger partial charge in [-0.15, -0.1) is 0 Å². The van der Waals surface area contributed by atoms with E-state index < -0.39 is 21.5 Å². The van der Waals surface area contributed by atoms with Gasteiger partial charge in [0.25, 0.3) is 0 Å². The van der Waals surface area contributed by atoms with Crippen LogP contribution in [0.15, 0.2) is 131 Å². The van der Waals surface area contributed by atoms with Crippen molar-refractivity contribution in [3.05, 3.63) is 142 Å². The summed E-state index contributed by atoms with van der Waals surface area (Å²) in [5.74, 6) is -0.684. The monoisotopic (exact) mass is 737 g/mol. The molecule has 4 aromatic rings. The van der Waals surface area contributed by atoms with Crippen LogP contribution in [0.3, 0.4) is 0 Å². The molecule has 4 aliphatic carbocycles. The van der Waals surface area contributed by atoms with E-state index >= 15 is 0 Å². The zero-order valence-corrected chi connectivity index (χ0v) is 32.7. The number of fused-ring (bicyclic) bond motifs is 2. The molecule has 4 atom stereocenters. The topological polar surface area (TPSA) is 0 Å². The average Bonchev–Trinajstić information content (AvgIpc) is 3.60. The fraction of sp³-hybridized carbons (Fsp3) is 0.333. The van der Waals surface area contributed by atoms with Crippen molar-refractivity contribution in [2.75, 3.05) is 0 Å². The first kappa shape index (κ1) is 31.3. The Morgan fingerprint density at radius 1 is 0.587 bits per heavy atom. The van der Waals surface area contributed by atoms with Crippen molar-refractivity contribution in [1.29, 1.82) is 0 Å². The van der Waals surface area contributed by atoms with E-state index in [1.54, 1.807) is 22.3 Å². The molecular formula is C42H45Cl2SiZr. The second-order valence-electron chi connectivity index (χ2n) is 15.0. The Morgan fingerprint density at radius 2 is 1.00 bits per heavy atom. The summed E-state index contributed by atoms with van der Waals surface area (Å²) in [6, 6.07) is 31.6. The van der Waals surface area contributed by atoms with Gasteiger partial charge in [-0.1, -0.05) is 0 Å². The Hall–Kier alpha value is -1.96. The van der Waals surface area contributed by atoms with Gasteiger partial charge >= 0.3 is 286 Å². The molecule has 0 bridgehead atoms. The Bertz CT molecular complexity index is 1880. The predicted octanol–water partition coefficient (Wildman–Crippen LogP) is 13.3. The molecule has 4 unspecified atom stereocenters. The normalized spacial score (nSPS) is 25.8. The number of rotatable bonds is 5. The summed E-state index contributed by atoms with van der Waals surface area (Å²) in [4.78, 5) is 0. The van der Waals surface area contributed by atoms with Crippen LogP contribution in [0.25, 0.3) is 21.5 Å². The van der Waals surface area contributed by atoms with Crippen molar-refractivity contribution in [2.45, 2.75) is 84.6 Å². The third kappa shape index (κ3) is 4.60. The maximum atomic E-state index is 8.64. The molecule has 0 heterocycles. The summed E-state index contributed by atoms with van der Waals surface area (Å²) in [5.41, 5.74) is 12.2. The molecule has 0 N–H and O–H groups in total. The summed E-state index contributed by atoms with van der Waals surface area (Å²) in [5, 5.41) is 5.45. The van der Waals surface area contributed by atoms with Gasteiger partial charge in [-0.05, 0) is 0 Å². The molecule has 0 aliphatic heterocycles. The first-order valence-corrected chi connectivity index (χ1v) is 33.8. The van der Waals surface area contributed by atoms with Crippen molar-refractivity contribution in [1.82, 2.24) is 0 Å². The number of halogens is 2. The van der Waals surface area contributed by atoms with Gasteiger partial charge in [0, 0.05) is 0 Å². The molecule has 0 spiro atoms. The summed E-state index contributed by atoms with van der Waals surface area (Å²) in [6.07, 6.45) is 12.2. The van der Waals surface area contributed by atoms with Crippen LogP contribution in [0.2, 0.25) is 20.3 Å². The van der Waals surface area contributed by atoms with E-state index in [1.807, 2.05) is 0 Å². The van der Waals surface area contributed by atoms with Crippen molar-refractivity contribution >= 4 is 44.5 Å². The van der Waals surface area contributed by atoms with E-state index in [4.69, 9.17) is 17.0 Å². The molecule has 0 saturated heterocycles. The van der Waals surface area contributed by atoms with Crippen LogP contribution >= 0.6 is 17.0 Å². The van der Waals surface area contributed by atoms with E-state index in [9.17, 15) is 0 Å². The number of benzene rings is 4. The van der Waals surface area contributed by atoms with Gasteiger partial charge in [-0.3, -0.25) is 0 Å². The molecular weight excluding hydrogens is 695 g/mol. The zero-order chi connectivity index (χ0) is 31.8. The molecule has 46 heavy (non-hydrogen) atoms. The second kappa shape index (κ2) is 11.6. The van der Waals surface area contributed by atoms with E-state index in [-0.39, 0.29) is 7.25 Å². The molecule has 0 saturated carbocycles. The van der Waals surface area contributed by atoms with E-state index in [0.29, 0.717) is 11.8 Å². The molecule has 0 aromatic heterocycles. The van der Waals surface area contributed by atoms with Gasteiger partial charge in [0.05, 0.1) is 0 Å². The SMILES string of the molecule is CC1=CC2=C(CCCC2c2cccc3ccccc23)[CH]1[Zr]([Cl])([Cl])([CH]1C(C)=CC2=C1CCCC2c1cccc2ccccc12)[SiH](C)C. The van der Waals surface area contributed by atoms with Crippen molar-refractivity contribution in [3.63, 3.8) is 0 Å². The fourth-order valence-corrected chi connectivity index (χ4v) is 44.5. The summed E-state index contributed by atoms with van der Waals surface area (Å²) >= 11 is -4.62. The third-order valence-electron chi connectivity index (χ3n) is 12.3. The molecule has 4 heteroatoms. The molecule has 0 radical (unpaired) electrons. The average molecular weight is 740 g/mol. The van der Waals surface area contributed by atoms with Gasteiger partial charge in [-0.2, -0.15) is 0 Å². The molecule has 0 fully saturated rings. The number of hydrogen-bond donors (Lipinski definition) is 0. The van der Waals surface area contributed by atoms with E-state index in [1.165, 1.54) is 69.5 Å². The predicted molar refractivity (Wildman–Crippen MR) is 201 cm³/mol. The minimum atomic E-state index is -4.62. The molecule has 0 nitrogen and oxygen atoms in total. The maximum absolute atomic E-state index is 8.64. The van der Waals surface area contributed by atoms with Crippen LogP contribution < -0.4 is 0 Å². The van der Waals surface area contributed by atoms with Crippen molar-refractivity contribution in [2.24, 2.45) is 0 Å². The molecule has 0 amide bonds. The number of allylic oxidation sites excluding steroid dienone is 8. The van der Waals surface area contributed by atoms with Crippen LogP contribution in [0, 0.1) is 0 Å². The van der Waals surface area contributed by atoms with Gasteiger partial charge < -0.3 is 0 Å². The number of hydrogen-bond acceptors (Lipinski definition) is 0. The molecule has 235 valence electrons. The quantitative estimate of drug-likeness (QED) is 0.179. The molecule has 8 rings (SSSR count). The molecule has 4 aliphatic rings. The minimum absolute atomic E-state index is 0.252. The first-order chi connectivity index (χ1) is 22.2. The van der Waals surface area contributed by atoms with E-state index in [0.717, 1.165) is 12.8 Å². The van der Waals surface area contributed by atoms with Gasteiger partial charge in [0.1, 0.15) is 0 Å². The summed E-state index contributed by atoms with van der Waals surface area (Å²) < 4.78 is 0.504. The Morgan fingerprint density at radius 3 is 1.43 bits per heavy atom. The van der Waals surface area contributed by atoms with Crippen molar-refractivity contribution < 1.29 is 15.6 Å². The van der Waals surface area contributed by atoms with Crippen LogP contribution in [0.5, 0.6) is 0 Å². The summed E-state index contributed by atoms with van der Waals surface area (Å²) in [6.45, 7) is 9.75. The molecule has 4 aromatic carbocycles. The second-order valence-corrected chi connectivity index (χ2v) is 57.5. The Labute approximate surface area is 284 Å². The van der Waals surface area contributed by atoms with Crippen LogP contribution in [-0.2, 0) is 15.6 Å². The van der Waals surface area contributed by atoms with Gasteiger partial charge in [0.15, 0.2) is 0 Å². The van der Waals surface area contributed by atoms with Crippen molar-refractivity contribution in [3.8, 4) is 0 Å². The third-order valence-corrected chi connectivity index (χ3v) is 64.8. The van der Waals surface area contributed by atoms with E-state index in [2.05, 4.69) is 124 Å². The van der Waals surface area contributed by atoms with Crippen LogP contribution in [-0.4, -0.2) is 5.92 Å². The van der Waals surface area contributed by atoms with Crippen LogP contribution in [0.1, 0.15) is 75.3 Å². The van der Waals surface area contributed by atoms with Crippen LogP contribution in [0.4, 0.5) is 0 Å². The van der Waals surface area contributed by atoms with Gasteiger partial charge in [-0.25, -0.2) is 0 Å². The fourth-order valence-electron chi connectivity index (χ4n) is 10.4. The Kier molecular flexibility index (Phi) is 7.89. The first-order valence-electron chi connectivity index (χ1n) is 17.5. The summed E-state index contributed by atoms with van der Waals surface area (Å²) in [7, 11) is 17.3. The standard InChI is InChI=1S/2C20H19.C2H7Si.2ClH.Zr/c2*1-14-12-16-8-5-11-19(20(16)13-14)18-10-4-7-15-6-2-3-9-17(15)18;1-3-2;;;/h2*2-4,6-7,9-10,12-13,19H,5,8,11H2,1H3;3H,1-2H3;2*1H;/q;;;;;+2/p-2. The van der Waals surface area contributed by atoms with Gasteiger partial charge in [0.2, 0.25) is 0 Å².